The molecule has 4 heteroatoms. The monoisotopic (exact) mass is 348 g/mol. The van der Waals surface area contributed by atoms with Gasteiger partial charge in [0.05, 0.1) is 6.04 Å². The van der Waals surface area contributed by atoms with Crippen LogP contribution in [-0.4, -0.2) is 11.8 Å². The van der Waals surface area contributed by atoms with Gasteiger partial charge in [-0.2, -0.15) is 0 Å². The third kappa shape index (κ3) is 3.96. The zero-order valence-electron chi connectivity index (χ0n) is 15.0. The van der Waals surface area contributed by atoms with E-state index in [1.165, 1.54) is 5.56 Å². The van der Waals surface area contributed by atoms with Crippen LogP contribution in [0.3, 0.4) is 0 Å². The standard InChI is InChI=1S/C22H24N2O2/c1-14-5-7-15(8-6-14)20(16-9-10-16)24-22(26)18-3-2-4-19(13-18)23-21(25)17-11-12-17/h2-8,13,16-17,20H,9-12H2,1H3,(H,23,25)(H,24,26). The van der Waals surface area contributed by atoms with Gasteiger partial charge in [-0.1, -0.05) is 35.9 Å². The Kier molecular flexibility index (Phi) is 4.49. The molecule has 2 N–H and O–H groups in total. The average Bonchev–Trinajstić information content (AvgIpc) is 3.53. The highest BCUT2D eigenvalue weighted by atomic mass is 16.2. The zero-order chi connectivity index (χ0) is 18.1. The number of amides is 2. The highest BCUT2D eigenvalue weighted by Crippen LogP contribution is 2.41. The minimum absolute atomic E-state index is 0.0489. The second kappa shape index (κ2) is 6.94. The third-order valence-corrected chi connectivity index (χ3v) is 5.16. The summed E-state index contributed by atoms with van der Waals surface area (Å²) in [5.41, 5.74) is 3.64. The lowest BCUT2D eigenvalue weighted by Crippen LogP contribution is -2.30. The van der Waals surface area contributed by atoms with E-state index >= 15 is 0 Å². The molecule has 1 unspecified atom stereocenters. The first-order chi connectivity index (χ1) is 12.6. The van der Waals surface area contributed by atoms with E-state index in [4.69, 9.17) is 0 Å². The summed E-state index contributed by atoms with van der Waals surface area (Å²) in [7, 11) is 0. The number of rotatable bonds is 6. The first kappa shape index (κ1) is 16.8. The summed E-state index contributed by atoms with van der Waals surface area (Å²) < 4.78 is 0. The van der Waals surface area contributed by atoms with Crippen molar-refractivity contribution in [3.05, 3.63) is 65.2 Å². The molecule has 134 valence electrons. The molecule has 0 aromatic heterocycles. The molecular formula is C22H24N2O2. The topological polar surface area (TPSA) is 58.2 Å². The minimum atomic E-state index is -0.0926. The van der Waals surface area contributed by atoms with Crippen LogP contribution < -0.4 is 10.6 Å². The van der Waals surface area contributed by atoms with Crippen LogP contribution in [0.4, 0.5) is 5.69 Å². The highest BCUT2D eigenvalue weighted by Gasteiger charge is 2.33. The molecule has 0 bridgehead atoms. The lowest BCUT2D eigenvalue weighted by Gasteiger charge is -2.19. The maximum absolute atomic E-state index is 12.8. The van der Waals surface area contributed by atoms with Gasteiger partial charge in [0.25, 0.3) is 5.91 Å². The molecule has 0 aliphatic heterocycles. The second-order valence-electron chi connectivity index (χ2n) is 7.54. The summed E-state index contributed by atoms with van der Waals surface area (Å²) in [6.45, 7) is 2.07. The molecule has 4 rings (SSSR count). The quantitative estimate of drug-likeness (QED) is 0.821. The molecule has 0 spiro atoms. The van der Waals surface area contributed by atoms with Crippen molar-refractivity contribution in [1.29, 1.82) is 0 Å². The van der Waals surface area contributed by atoms with Crippen LogP contribution in [0.2, 0.25) is 0 Å². The average molecular weight is 348 g/mol. The largest absolute Gasteiger partial charge is 0.345 e. The Morgan fingerprint density at radius 1 is 1.00 bits per heavy atom. The van der Waals surface area contributed by atoms with Crippen LogP contribution in [0.25, 0.3) is 0 Å². The Morgan fingerprint density at radius 2 is 1.73 bits per heavy atom. The molecule has 2 aromatic carbocycles. The molecular weight excluding hydrogens is 324 g/mol. The van der Waals surface area contributed by atoms with Crippen molar-refractivity contribution in [2.75, 3.05) is 5.32 Å². The summed E-state index contributed by atoms with van der Waals surface area (Å²) in [4.78, 5) is 24.7. The van der Waals surface area contributed by atoms with E-state index in [0.717, 1.165) is 31.2 Å². The van der Waals surface area contributed by atoms with Crippen LogP contribution in [0, 0.1) is 18.8 Å². The molecule has 2 aromatic rings. The van der Waals surface area contributed by atoms with Gasteiger partial charge in [0.15, 0.2) is 0 Å². The normalized spacial score (nSPS) is 17.4. The van der Waals surface area contributed by atoms with Crippen LogP contribution >= 0.6 is 0 Å². The molecule has 0 heterocycles. The van der Waals surface area contributed by atoms with Gasteiger partial charge in [-0.15, -0.1) is 0 Å². The van der Waals surface area contributed by atoms with E-state index in [1.807, 2.05) is 12.1 Å². The number of benzene rings is 2. The van der Waals surface area contributed by atoms with Crippen molar-refractivity contribution in [2.45, 2.75) is 38.6 Å². The fourth-order valence-electron chi connectivity index (χ4n) is 3.23. The van der Waals surface area contributed by atoms with Crippen molar-refractivity contribution in [3.8, 4) is 0 Å². The van der Waals surface area contributed by atoms with Crippen molar-refractivity contribution in [3.63, 3.8) is 0 Å². The zero-order valence-corrected chi connectivity index (χ0v) is 15.0. The van der Waals surface area contributed by atoms with Crippen molar-refractivity contribution in [2.24, 2.45) is 11.8 Å². The Bertz CT molecular complexity index is 820. The van der Waals surface area contributed by atoms with Crippen molar-refractivity contribution < 1.29 is 9.59 Å². The van der Waals surface area contributed by atoms with Gasteiger partial charge in [-0.05, 0) is 62.3 Å². The number of carbonyl (C=O) groups excluding carboxylic acids is 2. The van der Waals surface area contributed by atoms with Crippen LogP contribution in [0.1, 0.15) is 53.2 Å². The predicted molar refractivity (Wildman–Crippen MR) is 102 cm³/mol. The molecule has 2 aliphatic carbocycles. The Balaban J connectivity index is 1.47. The lowest BCUT2D eigenvalue weighted by atomic mass is 10.0. The van der Waals surface area contributed by atoms with Gasteiger partial charge >= 0.3 is 0 Å². The van der Waals surface area contributed by atoms with E-state index in [9.17, 15) is 9.59 Å². The van der Waals surface area contributed by atoms with Crippen LogP contribution in [0.15, 0.2) is 48.5 Å². The van der Waals surface area contributed by atoms with E-state index < -0.39 is 0 Å². The molecule has 0 saturated heterocycles. The SMILES string of the molecule is Cc1ccc(C(NC(=O)c2cccc(NC(=O)C3CC3)c2)C2CC2)cc1. The summed E-state index contributed by atoms with van der Waals surface area (Å²) in [6.07, 6.45) is 4.23. The van der Waals surface area contributed by atoms with Gasteiger partial charge in [-0.25, -0.2) is 0 Å². The van der Waals surface area contributed by atoms with Gasteiger partial charge < -0.3 is 10.6 Å². The molecule has 1 atom stereocenters. The molecule has 2 saturated carbocycles. The van der Waals surface area contributed by atoms with E-state index in [2.05, 4.69) is 41.8 Å². The number of aryl methyl sites for hydroxylation is 1. The first-order valence-electron chi connectivity index (χ1n) is 9.38. The van der Waals surface area contributed by atoms with E-state index in [-0.39, 0.29) is 23.8 Å². The smallest absolute Gasteiger partial charge is 0.251 e. The summed E-state index contributed by atoms with van der Waals surface area (Å²) in [6, 6.07) is 15.6. The maximum atomic E-state index is 12.8. The molecule has 2 amide bonds. The molecule has 4 nitrogen and oxygen atoms in total. The first-order valence-corrected chi connectivity index (χ1v) is 9.38. The third-order valence-electron chi connectivity index (χ3n) is 5.16. The minimum Gasteiger partial charge on any atom is -0.345 e. The van der Waals surface area contributed by atoms with Crippen LogP contribution in [0.5, 0.6) is 0 Å². The number of carbonyl (C=O) groups is 2. The Labute approximate surface area is 154 Å². The summed E-state index contributed by atoms with van der Waals surface area (Å²) in [5.74, 6) is 0.621. The Morgan fingerprint density at radius 3 is 2.38 bits per heavy atom. The molecule has 2 fully saturated rings. The fourth-order valence-corrected chi connectivity index (χ4v) is 3.23. The van der Waals surface area contributed by atoms with Gasteiger partial charge in [-0.3, -0.25) is 9.59 Å². The second-order valence-corrected chi connectivity index (χ2v) is 7.54. The number of anilines is 1. The maximum Gasteiger partial charge on any atom is 0.251 e. The van der Waals surface area contributed by atoms with E-state index in [0.29, 0.717) is 17.2 Å². The van der Waals surface area contributed by atoms with Gasteiger partial charge in [0.2, 0.25) is 5.91 Å². The number of hydrogen-bond donors (Lipinski definition) is 2. The van der Waals surface area contributed by atoms with E-state index in [1.54, 1.807) is 12.1 Å². The Hall–Kier alpha value is -2.62. The molecule has 0 radical (unpaired) electrons. The number of hydrogen-bond acceptors (Lipinski definition) is 2. The van der Waals surface area contributed by atoms with Crippen LogP contribution in [-0.2, 0) is 4.79 Å². The lowest BCUT2D eigenvalue weighted by molar-refractivity contribution is -0.117. The van der Waals surface area contributed by atoms with Crippen molar-refractivity contribution >= 4 is 17.5 Å². The van der Waals surface area contributed by atoms with Crippen molar-refractivity contribution in [1.82, 2.24) is 5.32 Å². The highest BCUT2D eigenvalue weighted by molar-refractivity contribution is 5.98. The molecule has 26 heavy (non-hydrogen) atoms. The van der Waals surface area contributed by atoms with Gasteiger partial charge in [0.1, 0.15) is 0 Å². The number of nitrogens with one attached hydrogen (secondary N) is 2. The molecule has 2 aliphatic rings. The summed E-state index contributed by atoms with van der Waals surface area (Å²) >= 11 is 0. The predicted octanol–water partition coefficient (Wildman–Crippen LogP) is 4.22. The summed E-state index contributed by atoms with van der Waals surface area (Å²) in [5, 5.41) is 6.10. The van der Waals surface area contributed by atoms with Gasteiger partial charge in [0, 0.05) is 17.2 Å². The fraction of sp³-hybridized carbons (Fsp3) is 0.364.